The lowest BCUT2D eigenvalue weighted by Gasteiger charge is -2.60. The molecule has 2 fully saturated rings. The molecule has 0 aliphatic heterocycles. The minimum Gasteiger partial charge on any atom is -0.350 e. The van der Waals surface area contributed by atoms with Crippen LogP contribution in [-0.2, 0) is 0 Å². The van der Waals surface area contributed by atoms with E-state index in [2.05, 4.69) is 26.2 Å². The van der Waals surface area contributed by atoms with Crippen LogP contribution >= 0.6 is 15.9 Å². The zero-order valence-corrected chi connectivity index (χ0v) is 13.8. The second-order valence-corrected chi connectivity index (χ2v) is 7.38. The molecule has 2 aromatic heterocycles. The van der Waals surface area contributed by atoms with Gasteiger partial charge >= 0.3 is 0 Å². The molecule has 2 aliphatic rings. The lowest BCUT2D eigenvalue weighted by molar-refractivity contribution is -0.0705. The summed E-state index contributed by atoms with van der Waals surface area (Å²) in [5, 5.41) is 3.07. The molecule has 0 radical (unpaired) electrons. The molecule has 4 rings (SSSR count). The van der Waals surface area contributed by atoms with E-state index in [0.29, 0.717) is 29.6 Å². The number of hydrogen-bond donors (Lipinski definition) is 2. The van der Waals surface area contributed by atoms with Crippen molar-refractivity contribution >= 4 is 27.5 Å². The van der Waals surface area contributed by atoms with Gasteiger partial charge < -0.3 is 11.1 Å². The smallest absolute Gasteiger partial charge is 0.269 e. The number of hydrogen-bond acceptors (Lipinski definition) is 3. The summed E-state index contributed by atoms with van der Waals surface area (Å²) in [5.74, 6) is 0.465. The van der Waals surface area contributed by atoms with Crippen molar-refractivity contribution in [3.05, 3.63) is 34.7 Å². The number of pyridine rings is 1. The Bertz CT molecular complexity index is 737. The van der Waals surface area contributed by atoms with Gasteiger partial charge in [-0.05, 0) is 58.7 Å². The maximum Gasteiger partial charge on any atom is 0.269 e. The molecule has 6 heteroatoms. The van der Waals surface area contributed by atoms with Crippen molar-refractivity contribution in [3.8, 4) is 0 Å². The first kappa shape index (κ1) is 14.2. The van der Waals surface area contributed by atoms with Crippen LogP contribution in [0.5, 0.6) is 0 Å². The molecule has 5 nitrogen and oxygen atoms in total. The second kappa shape index (κ2) is 5.06. The summed E-state index contributed by atoms with van der Waals surface area (Å²) in [6.07, 6.45) is 8.22. The number of nitrogens with two attached hydrogens (primary N) is 1. The number of nitrogens with one attached hydrogen (secondary N) is 1. The minimum absolute atomic E-state index is 0.0689. The van der Waals surface area contributed by atoms with E-state index in [0.717, 1.165) is 16.5 Å². The van der Waals surface area contributed by atoms with E-state index >= 15 is 0 Å². The molecule has 0 aromatic carbocycles. The van der Waals surface area contributed by atoms with Gasteiger partial charge in [0.2, 0.25) is 0 Å². The van der Waals surface area contributed by atoms with Crippen LogP contribution in [0.1, 0.15) is 36.2 Å². The van der Waals surface area contributed by atoms with Gasteiger partial charge in [-0.3, -0.25) is 9.20 Å². The van der Waals surface area contributed by atoms with E-state index in [1.807, 2.05) is 22.7 Å². The lowest BCUT2D eigenvalue weighted by Crippen LogP contribution is -2.63. The molecule has 116 valence electrons. The molecule has 3 N–H and O–H groups in total. The van der Waals surface area contributed by atoms with E-state index in [-0.39, 0.29) is 5.91 Å². The van der Waals surface area contributed by atoms with Crippen molar-refractivity contribution in [1.82, 2.24) is 14.7 Å². The summed E-state index contributed by atoms with van der Waals surface area (Å²) in [5.41, 5.74) is 7.81. The number of carbonyl (C=O) groups excluding carboxylic acids is 1. The highest BCUT2D eigenvalue weighted by Crippen LogP contribution is 2.58. The average Bonchev–Trinajstić information content (AvgIpc) is 2.86. The van der Waals surface area contributed by atoms with Gasteiger partial charge in [0.05, 0.1) is 10.7 Å². The first-order chi connectivity index (χ1) is 10.6. The summed E-state index contributed by atoms with van der Waals surface area (Å²) < 4.78 is 2.69. The number of aromatic nitrogens is 2. The van der Waals surface area contributed by atoms with Gasteiger partial charge in [0.1, 0.15) is 5.69 Å². The van der Waals surface area contributed by atoms with Crippen LogP contribution < -0.4 is 11.1 Å². The van der Waals surface area contributed by atoms with Crippen LogP contribution in [0.3, 0.4) is 0 Å². The Morgan fingerprint density at radius 1 is 1.55 bits per heavy atom. The lowest BCUT2D eigenvalue weighted by atomic mass is 9.47. The molecule has 0 saturated heterocycles. The average molecular weight is 363 g/mol. The summed E-state index contributed by atoms with van der Waals surface area (Å²) in [4.78, 5) is 16.8. The third-order valence-corrected chi connectivity index (χ3v) is 6.22. The van der Waals surface area contributed by atoms with Gasteiger partial charge in [0.25, 0.3) is 5.91 Å². The van der Waals surface area contributed by atoms with Crippen LogP contribution in [0.2, 0.25) is 0 Å². The van der Waals surface area contributed by atoms with E-state index in [1.165, 1.54) is 19.3 Å². The monoisotopic (exact) mass is 362 g/mol. The van der Waals surface area contributed by atoms with Gasteiger partial charge in [-0.1, -0.05) is 6.42 Å². The number of nitrogens with zero attached hydrogens (tertiary/aromatic N) is 2. The maximum atomic E-state index is 12.5. The Hall–Kier alpha value is -1.40. The van der Waals surface area contributed by atoms with Crippen molar-refractivity contribution in [2.24, 2.45) is 17.1 Å². The molecule has 2 unspecified atom stereocenters. The van der Waals surface area contributed by atoms with Crippen LogP contribution in [0.15, 0.2) is 29.0 Å². The van der Waals surface area contributed by atoms with Gasteiger partial charge in [-0.15, -0.1) is 0 Å². The zero-order valence-electron chi connectivity index (χ0n) is 12.3. The van der Waals surface area contributed by atoms with Gasteiger partial charge in [0.15, 0.2) is 5.65 Å². The fourth-order valence-electron chi connectivity index (χ4n) is 4.02. The van der Waals surface area contributed by atoms with Gasteiger partial charge in [0, 0.05) is 18.8 Å². The Kier molecular flexibility index (Phi) is 3.27. The number of halogens is 1. The topological polar surface area (TPSA) is 72.4 Å². The third-order valence-electron chi connectivity index (χ3n) is 5.60. The highest BCUT2D eigenvalue weighted by atomic mass is 79.9. The van der Waals surface area contributed by atoms with Crippen LogP contribution in [-0.4, -0.2) is 27.9 Å². The molecule has 1 spiro atoms. The second-order valence-electron chi connectivity index (χ2n) is 6.53. The van der Waals surface area contributed by atoms with E-state index in [4.69, 9.17) is 5.73 Å². The van der Waals surface area contributed by atoms with Gasteiger partial charge in [-0.25, -0.2) is 4.98 Å². The maximum absolute atomic E-state index is 12.5. The molecule has 2 saturated carbocycles. The summed E-state index contributed by atoms with van der Waals surface area (Å²) in [6.45, 7) is 0.716. The molecular formula is C16H19BrN4O. The molecule has 22 heavy (non-hydrogen) atoms. The van der Waals surface area contributed by atoms with E-state index in [9.17, 15) is 4.79 Å². The highest BCUT2D eigenvalue weighted by molar-refractivity contribution is 9.10. The predicted molar refractivity (Wildman–Crippen MR) is 87.6 cm³/mol. The number of imidazole rings is 1. The summed E-state index contributed by atoms with van der Waals surface area (Å²) in [7, 11) is 0. The minimum atomic E-state index is -0.0689. The van der Waals surface area contributed by atoms with Crippen molar-refractivity contribution in [3.63, 3.8) is 0 Å². The Labute approximate surface area is 137 Å². The normalized spacial score (nSPS) is 25.7. The standard InChI is InChI=1S/C16H19BrN4O/c17-11-3-1-6-21-12(9-19-14(11)21)15(22)20-8-10-7-13(18)16(10)4-2-5-16/h1,3,6,9-10,13H,2,4-5,7-8,18H2,(H,20,22). The van der Waals surface area contributed by atoms with Crippen LogP contribution in [0.25, 0.3) is 5.65 Å². The molecule has 2 atom stereocenters. The van der Waals surface area contributed by atoms with Crippen molar-refractivity contribution < 1.29 is 4.79 Å². The number of amides is 1. The molecule has 2 aliphatic carbocycles. The van der Waals surface area contributed by atoms with Crippen LogP contribution in [0.4, 0.5) is 0 Å². The SMILES string of the molecule is NC1CC(CNC(=O)c2cnc3c(Br)cccn23)C12CCC2. The van der Waals surface area contributed by atoms with Crippen LogP contribution in [0, 0.1) is 11.3 Å². The van der Waals surface area contributed by atoms with Crippen molar-refractivity contribution in [2.75, 3.05) is 6.54 Å². The Morgan fingerprint density at radius 2 is 2.36 bits per heavy atom. The molecular weight excluding hydrogens is 344 g/mol. The Morgan fingerprint density at radius 3 is 3.05 bits per heavy atom. The summed E-state index contributed by atoms with van der Waals surface area (Å²) in [6, 6.07) is 4.14. The van der Waals surface area contributed by atoms with Crippen molar-refractivity contribution in [2.45, 2.75) is 31.7 Å². The molecule has 1 amide bonds. The largest absolute Gasteiger partial charge is 0.350 e. The first-order valence-corrected chi connectivity index (χ1v) is 8.56. The van der Waals surface area contributed by atoms with Crippen molar-refractivity contribution in [1.29, 1.82) is 0 Å². The quantitative estimate of drug-likeness (QED) is 0.879. The molecule has 0 bridgehead atoms. The Balaban J connectivity index is 1.47. The van der Waals surface area contributed by atoms with Gasteiger partial charge in [-0.2, -0.15) is 0 Å². The fraction of sp³-hybridized carbons (Fsp3) is 0.500. The first-order valence-electron chi connectivity index (χ1n) is 7.77. The predicted octanol–water partition coefficient (Wildman–Crippen LogP) is 2.34. The number of carbonyl (C=O) groups is 1. The molecule has 2 heterocycles. The number of fused-ring (bicyclic) bond motifs is 1. The summed E-state index contributed by atoms with van der Waals surface area (Å²) >= 11 is 3.45. The highest BCUT2D eigenvalue weighted by Gasteiger charge is 2.56. The zero-order chi connectivity index (χ0) is 15.3. The molecule has 2 aromatic rings. The van der Waals surface area contributed by atoms with E-state index < -0.39 is 0 Å². The van der Waals surface area contributed by atoms with E-state index in [1.54, 1.807) is 6.20 Å². The fourth-order valence-corrected chi connectivity index (χ4v) is 4.47. The number of rotatable bonds is 3. The third kappa shape index (κ3) is 1.93.